The SMILES string of the molecule is N#CC1=C(N)Oc2cc(OC(=O)c3cccc4ccccc34)ccc2C1c1ccc([N+](=O)[O-])cc1. The van der Waals surface area contributed by atoms with Crippen molar-refractivity contribution < 1.29 is 19.2 Å². The van der Waals surface area contributed by atoms with E-state index in [1.807, 2.05) is 30.3 Å². The Balaban J connectivity index is 1.49. The molecule has 0 saturated heterocycles. The van der Waals surface area contributed by atoms with Gasteiger partial charge < -0.3 is 15.2 Å². The van der Waals surface area contributed by atoms with Crippen molar-refractivity contribution in [1.82, 2.24) is 0 Å². The van der Waals surface area contributed by atoms with Crippen LogP contribution >= 0.6 is 0 Å². The standard InChI is InChI=1S/C27H17N3O5/c28-15-23-25(17-8-10-18(11-9-17)30(32)33)22-13-12-19(14-24(22)35-26(23)29)34-27(31)21-7-3-5-16-4-1-2-6-20(16)21/h1-14,25H,29H2. The molecule has 8 nitrogen and oxygen atoms in total. The van der Waals surface area contributed by atoms with E-state index in [0.29, 0.717) is 22.4 Å². The number of benzene rings is 4. The van der Waals surface area contributed by atoms with Crippen LogP contribution in [0.15, 0.2) is 96.4 Å². The zero-order valence-corrected chi connectivity index (χ0v) is 18.2. The topological polar surface area (TPSA) is 128 Å². The van der Waals surface area contributed by atoms with E-state index in [2.05, 4.69) is 6.07 Å². The van der Waals surface area contributed by atoms with Gasteiger partial charge in [-0.2, -0.15) is 5.26 Å². The molecule has 0 aromatic heterocycles. The molecule has 5 rings (SSSR count). The molecule has 0 spiro atoms. The number of rotatable bonds is 4. The fourth-order valence-electron chi connectivity index (χ4n) is 4.20. The third kappa shape index (κ3) is 3.92. The summed E-state index contributed by atoms with van der Waals surface area (Å²) in [5.41, 5.74) is 7.84. The maximum absolute atomic E-state index is 12.9. The van der Waals surface area contributed by atoms with Gasteiger partial charge in [-0.05, 0) is 28.5 Å². The van der Waals surface area contributed by atoms with Crippen LogP contribution in [0.3, 0.4) is 0 Å². The van der Waals surface area contributed by atoms with E-state index in [4.69, 9.17) is 15.2 Å². The Morgan fingerprint density at radius 3 is 2.51 bits per heavy atom. The minimum Gasteiger partial charge on any atom is -0.440 e. The van der Waals surface area contributed by atoms with Crippen LogP contribution in [0.25, 0.3) is 10.8 Å². The van der Waals surface area contributed by atoms with Crippen LogP contribution in [-0.2, 0) is 0 Å². The number of ether oxygens (including phenoxy) is 2. The van der Waals surface area contributed by atoms with Crippen molar-refractivity contribution in [1.29, 1.82) is 5.26 Å². The van der Waals surface area contributed by atoms with Gasteiger partial charge in [-0.25, -0.2) is 4.79 Å². The molecule has 1 aliphatic rings. The van der Waals surface area contributed by atoms with Crippen molar-refractivity contribution >= 4 is 22.4 Å². The summed E-state index contributed by atoms with van der Waals surface area (Å²) in [4.78, 5) is 23.5. The molecule has 4 aromatic carbocycles. The zero-order chi connectivity index (χ0) is 24.5. The quantitative estimate of drug-likeness (QED) is 0.191. The fourth-order valence-corrected chi connectivity index (χ4v) is 4.20. The second kappa shape index (κ2) is 8.65. The van der Waals surface area contributed by atoms with Crippen LogP contribution in [0.1, 0.15) is 27.4 Å². The van der Waals surface area contributed by atoms with Crippen molar-refractivity contribution in [3.8, 4) is 17.6 Å². The number of esters is 1. The molecule has 35 heavy (non-hydrogen) atoms. The minimum absolute atomic E-state index is 0.0628. The summed E-state index contributed by atoms with van der Waals surface area (Å²) in [6.07, 6.45) is 0. The Morgan fingerprint density at radius 2 is 1.77 bits per heavy atom. The Bertz CT molecular complexity index is 1560. The third-order valence-corrected chi connectivity index (χ3v) is 5.85. The summed E-state index contributed by atoms with van der Waals surface area (Å²) >= 11 is 0. The third-order valence-electron chi connectivity index (χ3n) is 5.85. The van der Waals surface area contributed by atoms with Crippen molar-refractivity contribution in [2.45, 2.75) is 5.92 Å². The predicted molar refractivity (Wildman–Crippen MR) is 128 cm³/mol. The van der Waals surface area contributed by atoms with E-state index >= 15 is 0 Å². The van der Waals surface area contributed by atoms with Gasteiger partial charge in [0.15, 0.2) is 0 Å². The number of allylic oxidation sites excluding steroid dienone is 1. The van der Waals surface area contributed by atoms with Crippen LogP contribution in [0, 0.1) is 21.4 Å². The second-order valence-electron chi connectivity index (χ2n) is 7.89. The van der Waals surface area contributed by atoms with Crippen LogP contribution in [0.4, 0.5) is 5.69 Å². The van der Waals surface area contributed by atoms with Gasteiger partial charge in [0, 0.05) is 23.8 Å². The minimum atomic E-state index is -0.590. The number of hydrogen-bond acceptors (Lipinski definition) is 7. The maximum atomic E-state index is 12.9. The largest absolute Gasteiger partial charge is 0.440 e. The highest BCUT2D eigenvalue weighted by atomic mass is 16.6. The number of nitrogens with zero attached hydrogens (tertiary/aromatic N) is 2. The smallest absolute Gasteiger partial charge is 0.344 e. The second-order valence-corrected chi connectivity index (χ2v) is 7.89. The van der Waals surface area contributed by atoms with Crippen molar-refractivity contribution in [2.75, 3.05) is 0 Å². The summed E-state index contributed by atoms with van der Waals surface area (Å²) in [7, 11) is 0. The molecule has 0 aliphatic carbocycles. The lowest BCUT2D eigenvalue weighted by molar-refractivity contribution is -0.384. The molecule has 4 aromatic rings. The average Bonchev–Trinajstić information content (AvgIpc) is 2.87. The number of hydrogen-bond donors (Lipinski definition) is 1. The van der Waals surface area contributed by atoms with Gasteiger partial charge in [0.05, 0.1) is 16.4 Å². The first-order chi connectivity index (χ1) is 17.0. The van der Waals surface area contributed by atoms with Gasteiger partial charge in [0.1, 0.15) is 23.1 Å². The first-order valence-electron chi connectivity index (χ1n) is 10.6. The summed E-state index contributed by atoms with van der Waals surface area (Å²) < 4.78 is 11.3. The number of non-ortho nitro benzene ring substituents is 1. The maximum Gasteiger partial charge on any atom is 0.344 e. The van der Waals surface area contributed by atoms with E-state index < -0.39 is 16.8 Å². The first-order valence-corrected chi connectivity index (χ1v) is 10.6. The van der Waals surface area contributed by atoms with Gasteiger partial charge in [-0.15, -0.1) is 0 Å². The van der Waals surface area contributed by atoms with E-state index in [1.54, 1.807) is 36.4 Å². The Labute approximate surface area is 199 Å². The summed E-state index contributed by atoms with van der Waals surface area (Å²) in [5.74, 6) is -0.621. The number of carbonyl (C=O) groups excluding carboxylic acids is 1. The molecule has 8 heteroatoms. The molecule has 1 atom stereocenters. The Morgan fingerprint density at radius 1 is 1.03 bits per heavy atom. The number of fused-ring (bicyclic) bond motifs is 2. The Hall–Kier alpha value is -5.16. The molecule has 0 radical (unpaired) electrons. The van der Waals surface area contributed by atoms with E-state index in [0.717, 1.165) is 10.8 Å². The highest BCUT2D eigenvalue weighted by Crippen LogP contribution is 2.43. The number of carbonyl (C=O) groups is 1. The van der Waals surface area contributed by atoms with Crippen LogP contribution < -0.4 is 15.2 Å². The predicted octanol–water partition coefficient (Wildman–Crippen LogP) is 5.19. The van der Waals surface area contributed by atoms with Crippen molar-refractivity contribution in [2.24, 2.45) is 5.73 Å². The number of nitro groups is 1. The number of nitriles is 1. The Kier molecular flexibility index (Phi) is 5.36. The molecule has 170 valence electrons. The lowest BCUT2D eigenvalue weighted by atomic mass is 9.83. The van der Waals surface area contributed by atoms with Gasteiger partial charge >= 0.3 is 5.97 Å². The zero-order valence-electron chi connectivity index (χ0n) is 18.2. The van der Waals surface area contributed by atoms with Crippen LogP contribution in [-0.4, -0.2) is 10.9 Å². The highest BCUT2D eigenvalue weighted by molar-refractivity contribution is 6.05. The summed E-state index contributed by atoms with van der Waals surface area (Å²) in [6, 6.07) is 25.7. The lowest BCUT2D eigenvalue weighted by Gasteiger charge is -2.26. The van der Waals surface area contributed by atoms with Crippen molar-refractivity contribution in [3.05, 3.63) is 123 Å². The molecule has 1 aliphatic heterocycles. The van der Waals surface area contributed by atoms with E-state index in [9.17, 15) is 20.2 Å². The molecular weight excluding hydrogens is 446 g/mol. The van der Waals surface area contributed by atoms with Gasteiger partial charge in [0.25, 0.3) is 5.69 Å². The van der Waals surface area contributed by atoms with Gasteiger partial charge in [-0.1, -0.05) is 54.6 Å². The van der Waals surface area contributed by atoms with Gasteiger partial charge in [-0.3, -0.25) is 10.1 Å². The molecule has 1 unspecified atom stereocenters. The lowest BCUT2D eigenvalue weighted by Crippen LogP contribution is -2.21. The summed E-state index contributed by atoms with van der Waals surface area (Å²) in [6.45, 7) is 0. The summed E-state index contributed by atoms with van der Waals surface area (Å²) in [5, 5.41) is 22.4. The molecule has 0 fully saturated rings. The van der Waals surface area contributed by atoms with E-state index in [1.165, 1.54) is 18.2 Å². The molecular formula is C27H17N3O5. The number of nitrogens with two attached hydrogens (primary N) is 1. The molecule has 0 bridgehead atoms. The van der Waals surface area contributed by atoms with Gasteiger partial charge in [0.2, 0.25) is 5.88 Å². The molecule has 2 N–H and O–H groups in total. The highest BCUT2D eigenvalue weighted by Gasteiger charge is 2.31. The average molecular weight is 463 g/mol. The number of nitro benzene ring substituents is 1. The van der Waals surface area contributed by atoms with Crippen molar-refractivity contribution in [3.63, 3.8) is 0 Å². The molecule has 0 saturated carbocycles. The van der Waals surface area contributed by atoms with Crippen LogP contribution in [0.2, 0.25) is 0 Å². The van der Waals surface area contributed by atoms with Crippen LogP contribution in [0.5, 0.6) is 11.5 Å². The first kappa shape index (κ1) is 21.7. The van der Waals surface area contributed by atoms with E-state index in [-0.39, 0.29) is 22.9 Å². The monoisotopic (exact) mass is 463 g/mol. The normalized spacial score (nSPS) is 14.5. The molecule has 1 heterocycles. The molecule has 0 amide bonds. The fraction of sp³-hybridized carbons (Fsp3) is 0.0370.